The van der Waals surface area contributed by atoms with E-state index in [1.165, 1.54) is 0 Å². The SMILES string of the molecule is C/C(=N/NC(=O)c1ccc(OC(C)C)cc1)c1cccc(OCC(=O)O)c1. The molecule has 0 saturated heterocycles. The summed E-state index contributed by atoms with van der Waals surface area (Å²) in [4.78, 5) is 22.8. The van der Waals surface area contributed by atoms with Crippen molar-refractivity contribution >= 4 is 17.6 Å². The molecule has 2 N–H and O–H groups in total. The van der Waals surface area contributed by atoms with Gasteiger partial charge in [0, 0.05) is 11.1 Å². The van der Waals surface area contributed by atoms with Crippen LogP contribution in [0.25, 0.3) is 0 Å². The van der Waals surface area contributed by atoms with Crippen LogP contribution in [-0.2, 0) is 4.79 Å². The standard InChI is InChI=1S/C20H22N2O5/c1-13(2)27-17-9-7-15(8-10-17)20(25)22-21-14(3)16-5-4-6-18(11-16)26-12-19(23)24/h4-11,13H,12H2,1-3H3,(H,22,25)(H,23,24)/b21-14-. The van der Waals surface area contributed by atoms with Gasteiger partial charge >= 0.3 is 5.97 Å². The smallest absolute Gasteiger partial charge is 0.341 e. The van der Waals surface area contributed by atoms with Gasteiger partial charge in [-0.15, -0.1) is 0 Å². The third kappa shape index (κ3) is 6.47. The number of hydrogen-bond acceptors (Lipinski definition) is 5. The van der Waals surface area contributed by atoms with Crippen LogP contribution in [0.2, 0.25) is 0 Å². The van der Waals surface area contributed by atoms with E-state index >= 15 is 0 Å². The summed E-state index contributed by atoms with van der Waals surface area (Å²) in [7, 11) is 0. The van der Waals surface area contributed by atoms with Crippen LogP contribution in [-0.4, -0.2) is 35.4 Å². The Balaban J connectivity index is 2.01. The summed E-state index contributed by atoms with van der Waals surface area (Å²) < 4.78 is 10.7. The molecule has 0 heterocycles. The molecule has 2 rings (SSSR count). The number of benzene rings is 2. The molecule has 0 bridgehead atoms. The van der Waals surface area contributed by atoms with E-state index in [1.807, 2.05) is 13.8 Å². The fourth-order valence-electron chi connectivity index (χ4n) is 2.18. The van der Waals surface area contributed by atoms with E-state index in [0.717, 1.165) is 0 Å². The van der Waals surface area contributed by atoms with Gasteiger partial charge in [0.25, 0.3) is 5.91 Å². The topological polar surface area (TPSA) is 97.2 Å². The Morgan fingerprint density at radius 2 is 1.78 bits per heavy atom. The molecule has 0 fully saturated rings. The minimum Gasteiger partial charge on any atom is -0.491 e. The number of carbonyl (C=O) groups excluding carboxylic acids is 1. The summed E-state index contributed by atoms with van der Waals surface area (Å²) in [6.07, 6.45) is 0.0622. The summed E-state index contributed by atoms with van der Waals surface area (Å²) >= 11 is 0. The van der Waals surface area contributed by atoms with Gasteiger partial charge in [0.05, 0.1) is 11.8 Å². The predicted octanol–water partition coefficient (Wildman–Crippen LogP) is 3.09. The molecule has 2 aromatic rings. The van der Waals surface area contributed by atoms with E-state index in [0.29, 0.717) is 28.3 Å². The van der Waals surface area contributed by atoms with Crippen LogP contribution in [0.1, 0.15) is 36.7 Å². The number of nitrogens with one attached hydrogen (secondary N) is 1. The molecule has 0 radical (unpaired) electrons. The molecule has 142 valence electrons. The lowest BCUT2D eigenvalue weighted by molar-refractivity contribution is -0.139. The van der Waals surface area contributed by atoms with Gasteiger partial charge in [-0.25, -0.2) is 10.2 Å². The number of aliphatic carboxylic acids is 1. The first kappa shape index (κ1) is 20.0. The Kier molecular flexibility index (Phi) is 6.93. The van der Waals surface area contributed by atoms with Crippen molar-refractivity contribution < 1.29 is 24.2 Å². The van der Waals surface area contributed by atoms with Crippen molar-refractivity contribution in [1.29, 1.82) is 0 Å². The lowest BCUT2D eigenvalue weighted by Crippen LogP contribution is -2.19. The van der Waals surface area contributed by atoms with Gasteiger partial charge in [0.2, 0.25) is 0 Å². The van der Waals surface area contributed by atoms with E-state index in [-0.39, 0.29) is 12.0 Å². The second-order valence-corrected chi connectivity index (χ2v) is 6.04. The summed E-state index contributed by atoms with van der Waals surface area (Å²) in [6.45, 7) is 5.17. The molecule has 2 aromatic carbocycles. The van der Waals surface area contributed by atoms with Crippen molar-refractivity contribution in [3.63, 3.8) is 0 Å². The molecule has 0 atom stereocenters. The minimum absolute atomic E-state index is 0.0622. The average Bonchev–Trinajstić information content (AvgIpc) is 2.64. The third-order valence-electron chi connectivity index (χ3n) is 3.43. The molecular weight excluding hydrogens is 348 g/mol. The Morgan fingerprint density at radius 3 is 2.41 bits per heavy atom. The van der Waals surface area contributed by atoms with Crippen molar-refractivity contribution in [2.45, 2.75) is 26.9 Å². The molecule has 0 unspecified atom stereocenters. The summed E-state index contributed by atoms with van der Waals surface area (Å²) in [5.74, 6) is -0.289. The third-order valence-corrected chi connectivity index (χ3v) is 3.43. The van der Waals surface area contributed by atoms with Gasteiger partial charge in [0.1, 0.15) is 11.5 Å². The van der Waals surface area contributed by atoms with Crippen LogP contribution in [0.3, 0.4) is 0 Å². The zero-order chi connectivity index (χ0) is 19.8. The second kappa shape index (κ2) is 9.38. The van der Waals surface area contributed by atoms with Crippen LogP contribution >= 0.6 is 0 Å². The zero-order valence-electron chi connectivity index (χ0n) is 15.4. The van der Waals surface area contributed by atoms with Crippen LogP contribution in [0.4, 0.5) is 0 Å². The number of carboxylic acids is 1. The number of hydrogen-bond donors (Lipinski definition) is 2. The first-order chi connectivity index (χ1) is 12.8. The maximum Gasteiger partial charge on any atom is 0.341 e. The number of carboxylic acid groups (broad SMARTS) is 1. The molecule has 0 aromatic heterocycles. The van der Waals surface area contributed by atoms with Crippen molar-refractivity contribution in [1.82, 2.24) is 5.43 Å². The Morgan fingerprint density at radius 1 is 1.07 bits per heavy atom. The predicted molar refractivity (Wildman–Crippen MR) is 101 cm³/mol. The molecule has 27 heavy (non-hydrogen) atoms. The average molecular weight is 370 g/mol. The highest BCUT2D eigenvalue weighted by Gasteiger charge is 2.07. The number of carbonyl (C=O) groups is 2. The van der Waals surface area contributed by atoms with Gasteiger partial charge in [-0.05, 0) is 57.2 Å². The number of nitrogens with zero attached hydrogens (tertiary/aromatic N) is 1. The molecule has 0 aliphatic carbocycles. The van der Waals surface area contributed by atoms with Gasteiger partial charge in [-0.3, -0.25) is 4.79 Å². The van der Waals surface area contributed by atoms with E-state index in [2.05, 4.69) is 10.5 Å². The Labute approximate surface area is 157 Å². The van der Waals surface area contributed by atoms with Crippen molar-refractivity contribution in [3.8, 4) is 11.5 Å². The molecule has 7 heteroatoms. The highest BCUT2D eigenvalue weighted by atomic mass is 16.5. The number of amides is 1. The first-order valence-corrected chi connectivity index (χ1v) is 8.41. The lowest BCUT2D eigenvalue weighted by Gasteiger charge is -2.10. The summed E-state index contributed by atoms with van der Waals surface area (Å²) in [5, 5.41) is 12.8. The largest absolute Gasteiger partial charge is 0.491 e. The van der Waals surface area contributed by atoms with E-state index in [9.17, 15) is 9.59 Å². The van der Waals surface area contributed by atoms with Crippen molar-refractivity contribution in [2.24, 2.45) is 5.10 Å². The molecular formula is C20H22N2O5. The van der Waals surface area contributed by atoms with E-state index in [1.54, 1.807) is 55.5 Å². The van der Waals surface area contributed by atoms with Crippen molar-refractivity contribution in [2.75, 3.05) is 6.61 Å². The van der Waals surface area contributed by atoms with Crippen LogP contribution in [0.5, 0.6) is 11.5 Å². The highest BCUT2D eigenvalue weighted by molar-refractivity contribution is 6.01. The van der Waals surface area contributed by atoms with Crippen molar-refractivity contribution in [3.05, 3.63) is 59.7 Å². The number of hydrazone groups is 1. The first-order valence-electron chi connectivity index (χ1n) is 8.41. The number of rotatable bonds is 8. The van der Waals surface area contributed by atoms with Gasteiger partial charge in [0.15, 0.2) is 6.61 Å². The van der Waals surface area contributed by atoms with Crippen LogP contribution in [0, 0.1) is 0 Å². The number of ether oxygens (including phenoxy) is 2. The molecule has 0 aliphatic heterocycles. The Bertz CT molecular complexity index is 829. The van der Waals surface area contributed by atoms with Crippen LogP contribution < -0.4 is 14.9 Å². The molecule has 1 amide bonds. The molecule has 0 spiro atoms. The highest BCUT2D eigenvalue weighted by Crippen LogP contribution is 2.15. The quantitative estimate of drug-likeness (QED) is 0.550. The summed E-state index contributed by atoms with van der Waals surface area (Å²) in [5.41, 5.74) is 4.23. The van der Waals surface area contributed by atoms with Gasteiger partial charge in [-0.1, -0.05) is 12.1 Å². The maximum absolute atomic E-state index is 12.2. The molecule has 0 aliphatic rings. The Hall–Kier alpha value is -3.35. The monoisotopic (exact) mass is 370 g/mol. The second-order valence-electron chi connectivity index (χ2n) is 6.04. The fourth-order valence-corrected chi connectivity index (χ4v) is 2.18. The van der Waals surface area contributed by atoms with Gasteiger partial charge in [-0.2, -0.15) is 5.10 Å². The fraction of sp³-hybridized carbons (Fsp3) is 0.250. The summed E-state index contributed by atoms with van der Waals surface area (Å²) in [6, 6.07) is 13.6. The van der Waals surface area contributed by atoms with Crippen LogP contribution in [0.15, 0.2) is 53.6 Å². The molecule has 7 nitrogen and oxygen atoms in total. The normalized spacial score (nSPS) is 11.2. The minimum atomic E-state index is -1.05. The molecule has 0 saturated carbocycles. The lowest BCUT2D eigenvalue weighted by atomic mass is 10.1. The van der Waals surface area contributed by atoms with E-state index in [4.69, 9.17) is 14.6 Å². The maximum atomic E-state index is 12.2. The van der Waals surface area contributed by atoms with Gasteiger partial charge < -0.3 is 14.6 Å². The zero-order valence-corrected chi connectivity index (χ0v) is 15.4. The van der Waals surface area contributed by atoms with E-state index < -0.39 is 12.6 Å².